The van der Waals surface area contributed by atoms with Crippen LogP contribution in [0.1, 0.15) is 29.0 Å². The minimum Gasteiger partial charge on any atom is -0.341 e. The van der Waals surface area contributed by atoms with Crippen LogP contribution in [0.5, 0.6) is 0 Å². The quantitative estimate of drug-likeness (QED) is 0.392. The number of carbonyl (C=O) groups is 2. The SMILES string of the molecule is O=C1NC(=O)/C(=C/c2ccnc(N3CCC(CNCc4cccnc4-c4ccc(C(F)(F)F)s4)CC3)n2)S1. The summed E-state index contributed by atoms with van der Waals surface area (Å²) in [6, 6.07) is 7.94. The van der Waals surface area contributed by atoms with E-state index in [0.29, 0.717) is 50.9 Å². The van der Waals surface area contributed by atoms with E-state index in [-0.39, 0.29) is 0 Å². The van der Waals surface area contributed by atoms with Gasteiger partial charge in [0, 0.05) is 32.0 Å². The van der Waals surface area contributed by atoms with Crippen LogP contribution in [0.2, 0.25) is 0 Å². The minimum absolute atomic E-state index is 0.307. The summed E-state index contributed by atoms with van der Waals surface area (Å²) in [5, 5.41) is 5.28. The highest BCUT2D eigenvalue weighted by molar-refractivity contribution is 8.18. The number of rotatable bonds is 7. The van der Waals surface area contributed by atoms with E-state index in [1.165, 1.54) is 6.07 Å². The van der Waals surface area contributed by atoms with Crippen LogP contribution in [0.25, 0.3) is 16.6 Å². The van der Waals surface area contributed by atoms with Crippen LogP contribution >= 0.6 is 23.1 Å². The lowest BCUT2D eigenvalue weighted by molar-refractivity contribution is -0.134. The zero-order valence-electron chi connectivity index (χ0n) is 20.0. The average molecular weight is 561 g/mol. The molecule has 198 valence electrons. The second-order valence-electron chi connectivity index (χ2n) is 8.87. The van der Waals surface area contributed by atoms with E-state index in [1.807, 2.05) is 6.07 Å². The lowest BCUT2D eigenvalue weighted by Crippen LogP contribution is -2.38. The van der Waals surface area contributed by atoms with Crippen LogP contribution in [-0.2, 0) is 17.5 Å². The summed E-state index contributed by atoms with van der Waals surface area (Å²) in [4.78, 5) is 38.7. The summed E-state index contributed by atoms with van der Waals surface area (Å²) >= 11 is 1.55. The fourth-order valence-electron chi connectivity index (χ4n) is 4.32. The summed E-state index contributed by atoms with van der Waals surface area (Å²) < 4.78 is 39.1. The summed E-state index contributed by atoms with van der Waals surface area (Å²) in [5.74, 6) is 0.586. The van der Waals surface area contributed by atoms with E-state index in [9.17, 15) is 22.8 Å². The molecule has 2 aliphatic rings. The van der Waals surface area contributed by atoms with Crippen LogP contribution in [0.15, 0.2) is 47.6 Å². The van der Waals surface area contributed by atoms with Gasteiger partial charge in [-0.2, -0.15) is 13.2 Å². The van der Waals surface area contributed by atoms with Crippen molar-refractivity contribution in [2.24, 2.45) is 5.92 Å². The third kappa shape index (κ3) is 6.22. The maximum atomic E-state index is 13.0. The Bertz CT molecular complexity index is 1370. The molecule has 13 heteroatoms. The number of aromatic nitrogens is 3. The fraction of sp³-hybridized carbons (Fsp3) is 0.320. The van der Waals surface area contributed by atoms with Gasteiger partial charge in [-0.1, -0.05) is 6.07 Å². The third-order valence-electron chi connectivity index (χ3n) is 6.24. The first-order valence-electron chi connectivity index (χ1n) is 11.9. The van der Waals surface area contributed by atoms with E-state index < -0.39 is 22.2 Å². The van der Waals surface area contributed by atoms with Crippen LogP contribution in [0, 0.1) is 5.92 Å². The highest BCUT2D eigenvalue weighted by Gasteiger charge is 2.33. The molecule has 0 saturated carbocycles. The minimum atomic E-state index is -4.36. The Labute approximate surface area is 224 Å². The van der Waals surface area contributed by atoms with Crippen LogP contribution in [-0.4, -0.2) is 45.7 Å². The van der Waals surface area contributed by atoms with Crippen molar-refractivity contribution in [1.29, 1.82) is 0 Å². The van der Waals surface area contributed by atoms with Crippen LogP contribution in [0.3, 0.4) is 0 Å². The molecule has 5 heterocycles. The number of thiophene rings is 1. The molecule has 2 aliphatic heterocycles. The van der Waals surface area contributed by atoms with Crippen LogP contribution < -0.4 is 15.5 Å². The van der Waals surface area contributed by atoms with Crippen molar-refractivity contribution in [1.82, 2.24) is 25.6 Å². The number of alkyl halides is 3. The Morgan fingerprint density at radius 1 is 1.11 bits per heavy atom. The molecular weight excluding hydrogens is 537 g/mol. The molecule has 2 amide bonds. The number of thioether (sulfide) groups is 1. The second-order valence-corrected chi connectivity index (χ2v) is 11.0. The second kappa shape index (κ2) is 11.2. The van der Waals surface area contributed by atoms with Gasteiger partial charge in [-0.25, -0.2) is 9.97 Å². The molecule has 2 fully saturated rings. The molecule has 38 heavy (non-hydrogen) atoms. The first-order valence-corrected chi connectivity index (χ1v) is 13.5. The van der Waals surface area contributed by atoms with E-state index in [1.54, 1.807) is 30.6 Å². The van der Waals surface area contributed by atoms with Gasteiger partial charge in [0.15, 0.2) is 0 Å². The molecule has 0 spiro atoms. The Balaban J connectivity index is 1.14. The summed E-state index contributed by atoms with van der Waals surface area (Å²) in [6.45, 7) is 2.83. The van der Waals surface area contributed by atoms with Crippen molar-refractivity contribution < 1.29 is 22.8 Å². The number of hydrogen-bond donors (Lipinski definition) is 2. The molecular formula is C25H23F3N6O2S2. The van der Waals surface area contributed by atoms with Crippen molar-refractivity contribution in [3.63, 3.8) is 0 Å². The van der Waals surface area contributed by atoms with E-state index in [2.05, 4.69) is 30.5 Å². The predicted octanol–water partition coefficient (Wildman–Crippen LogP) is 4.95. The molecule has 0 unspecified atom stereocenters. The number of nitrogens with one attached hydrogen (secondary N) is 2. The highest BCUT2D eigenvalue weighted by Crippen LogP contribution is 2.38. The van der Waals surface area contributed by atoms with Crippen LogP contribution in [0.4, 0.5) is 23.9 Å². The summed E-state index contributed by atoms with van der Waals surface area (Å²) in [5.41, 5.74) is 1.99. The van der Waals surface area contributed by atoms with Crippen molar-refractivity contribution in [3.05, 3.63) is 63.8 Å². The van der Waals surface area contributed by atoms with Crippen molar-refractivity contribution in [3.8, 4) is 10.6 Å². The monoisotopic (exact) mass is 560 g/mol. The molecule has 8 nitrogen and oxygen atoms in total. The summed E-state index contributed by atoms with van der Waals surface area (Å²) in [7, 11) is 0. The van der Waals surface area contributed by atoms with Gasteiger partial charge in [-0.15, -0.1) is 11.3 Å². The highest BCUT2D eigenvalue weighted by atomic mass is 32.2. The molecule has 3 aromatic rings. The summed E-state index contributed by atoms with van der Waals surface area (Å²) in [6.07, 6.45) is 2.30. The topological polar surface area (TPSA) is 100 Å². The van der Waals surface area contributed by atoms with Gasteiger partial charge in [0.25, 0.3) is 11.1 Å². The van der Waals surface area contributed by atoms with Crippen molar-refractivity contribution in [2.75, 3.05) is 24.5 Å². The first kappa shape index (κ1) is 26.3. The molecule has 0 aromatic carbocycles. The van der Waals surface area contributed by atoms with E-state index >= 15 is 0 Å². The molecule has 2 N–H and O–H groups in total. The maximum Gasteiger partial charge on any atom is 0.425 e. The Kier molecular flexibility index (Phi) is 7.77. The maximum absolute atomic E-state index is 13.0. The van der Waals surface area contributed by atoms with E-state index in [4.69, 9.17) is 0 Å². The molecule has 0 bridgehead atoms. The first-order chi connectivity index (χ1) is 18.3. The van der Waals surface area contributed by atoms with Gasteiger partial charge < -0.3 is 10.2 Å². The number of anilines is 1. The number of imide groups is 1. The van der Waals surface area contributed by atoms with Crippen molar-refractivity contribution >= 4 is 46.3 Å². The van der Waals surface area contributed by atoms with Gasteiger partial charge in [-0.3, -0.25) is 19.9 Å². The number of pyridine rings is 1. The fourth-order valence-corrected chi connectivity index (χ4v) is 5.89. The predicted molar refractivity (Wildman–Crippen MR) is 140 cm³/mol. The number of halogens is 3. The molecule has 3 aromatic heterocycles. The van der Waals surface area contributed by atoms with Gasteiger partial charge >= 0.3 is 6.18 Å². The smallest absolute Gasteiger partial charge is 0.341 e. The zero-order chi connectivity index (χ0) is 26.7. The number of nitrogens with zero attached hydrogens (tertiary/aromatic N) is 4. The Morgan fingerprint density at radius 3 is 2.63 bits per heavy atom. The number of carbonyl (C=O) groups excluding carboxylic acids is 2. The molecule has 2 saturated heterocycles. The van der Waals surface area contributed by atoms with Gasteiger partial charge in [-0.05, 0) is 73.0 Å². The molecule has 0 radical (unpaired) electrons. The van der Waals surface area contributed by atoms with Crippen molar-refractivity contribution in [2.45, 2.75) is 25.6 Å². The normalized spacial score (nSPS) is 17.9. The Hall–Kier alpha value is -3.29. The third-order valence-corrected chi connectivity index (χ3v) is 8.19. The molecule has 5 rings (SSSR count). The van der Waals surface area contributed by atoms with Gasteiger partial charge in [0.1, 0.15) is 4.88 Å². The largest absolute Gasteiger partial charge is 0.425 e. The Morgan fingerprint density at radius 2 is 1.92 bits per heavy atom. The average Bonchev–Trinajstić information content (AvgIpc) is 3.51. The number of amides is 2. The van der Waals surface area contributed by atoms with Gasteiger partial charge in [0.05, 0.1) is 21.2 Å². The molecule has 0 aliphatic carbocycles. The van der Waals surface area contributed by atoms with E-state index in [0.717, 1.165) is 55.9 Å². The number of hydrogen-bond acceptors (Lipinski definition) is 9. The lowest BCUT2D eigenvalue weighted by atomic mass is 9.97. The van der Waals surface area contributed by atoms with Gasteiger partial charge in [0.2, 0.25) is 5.95 Å². The lowest BCUT2D eigenvalue weighted by Gasteiger charge is -2.32. The molecule has 0 atom stereocenters. The standard InChI is InChI=1S/C25H23F3N6O2S2/c26-25(27,28)20-4-3-18(37-20)21-16(2-1-8-30-21)14-29-13-15-6-10-34(11-7-15)23-31-9-5-17(32-23)12-19-22(35)33-24(36)38-19/h1-5,8-9,12,15,29H,6-7,10-11,13-14H2,(H,33,35,36)/b19-12-. The number of piperidine rings is 1. The zero-order valence-corrected chi connectivity index (χ0v) is 21.6.